The number of unbranched alkanes of at least 4 members (excludes halogenated alkanes) is 2. The van der Waals surface area contributed by atoms with Crippen LogP contribution in [-0.4, -0.2) is 30.5 Å². The number of halogens is 1. The lowest BCUT2D eigenvalue weighted by molar-refractivity contribution is 0.338. The van der Waals surface area contributed by atoms with Crippen LogP contribution in [0.25, 0.3) is 0 Å². The minimum Gasteiger partial charge on any atom is -0.370 e. The van der Waals surface area contributed by atoms with Crippen LogP contribution in [0.1, 0.15) is 38.5 Å². The minimum atomic E-state index is 0. The maximum absolute atomic E-state index is 5.92. The van der Waals surface area contributed by atoms with Gasteiger partial charge in [0.25, 0.3) is 0 Å². The molecule has 0 amide bonds. The third-order valence-corrected chi connectivity index (χ3v) is 2.77. The Labute approximate surface area is 116 Å². The second-order valence-corrected chi connectivity index (χ2v) is 4.07. The molecule has 1 saturated heterocycles. The summed E-state index contributed by atoms with van der Waals surface area (Å²) in [4.78, 5) is 6.61. The summed E-state index contributed by atoms with van der Waals surface area (Å²) < 4.78 is 0. The maximum atomic E-state index is 5.92. The van der Waals surface area contributed by atoms with Gasteiger partial charge in [0.1, 0.15) is 0 Å². The van der Waals surface area contributed by atoms with E-state index in [-0.39, 0.29) is 24.0 Å². The molecular formula is C12H24IN3. The van der Waals surface area contributed by atoms with Crippen LogP contribution in [0.3, 0.4) is 0 Å². The smallest absolute Gasteiger partial charge is 0.191 e. The highest BCUT2D eigenvalue weighted by Gasteiger charge is 2.11. The summed E-state index contributed by atoms with van der Waals surface area (Å²) in [5.74, 6) is 0.744. The Bertz CT molecular complexity index is 210. The number of piperidine rings is 1. The Kier molecular flexibility index (Phi) is 9.77. The average molecular weight is 337 g/mol. The van der Waals surface area contributed by atoms with Crippen molar-refractivity contribution in [3.8, 4) is 0 Å². The molecule has 0 atom stereocenters. The van der Waals surface area contributed by atoms with Crippen LogP contribution < -0.4 is 5.73 Å². The fourth-order valence-electron chi connectivity index (χ4n) is 1.82. The van der Waals surface area contributed by atoms with Gasteiger partial charge in [0.05, 0.1) is 0 Å². The number of hydrogen-bond acceptors (Lipinski definition) is 1. The Hall–Kier alpha value is -0.260. The van der Waals surface area contributed by atoms with E-state index in [0.717, 1.165) is 38.4 Å². The molecule has 0 unspecified atom stereocenters. The minimum absolute atomic E-state index is 0. The van der Waals surface area contributed by atoms with Gasteiger partial charge in [-0.2, -0.15) is 0 Å². The normalized spacial score (nSPS) is 16.8. The Balaban J connectivity index is 0.00000225. The number of likely N-dealkylation sites (tertiary alicyclic amines) is 1. The number of aliphatic imine (C=N–C) groups is 1. The highest BCUT2D eigenvalue weighted by atomic mass is 127. The molecule has 3 nitrogen and oxygen atoms in total. The van der Waals surface area contributed by atoms with Crippen molar-refractivity contribution in [3.05, 3.63) is 12.7 Å². The average Bonchev–Trinajstić information content (AvgIpc) is 2.30. The number of hydrogen-bond donors (Lipinski definition) is 1. The van der Waals surface area contributed by atoms with Gasteiger partial charge in [-0.1, -0.05) is 6.08 Å². The SMILES string of the molecule is C=CCCCCN=C(N)N1CCCCC1.I. The summed E-state index contributed by atoms with van der Waals surface area (Å²) in [7, 11) is 0. The number of nitrogens with zero attached hydrogens (tertiary/aromatic N) is 2. The van der Waals surface area contributed by atoms with Crippen LogP contribution in [0.4, 0.5) is 0 Å². The van der Waals surface area contributed by atoms with Gasteiger partial charge < -0.3 is 10.6 Å². The second kappa shape index (κ2) is 9.93. The first-order valence-electron chi connectivity index (χ1n) is 6.00. The number of allylic oxidation sites excluding steroid dienone is 1. The van der Waals surface area contributed by atoms with Gasteiger partial charge in [-0.15, -0.1) is 30.6 Å². The van der Waals surface area contributed by atoms with E-state index < -0.39 is 0 Å². The molecule has 2 N–H and O–H groups in total. The lowest BCUT2D eigenvalue weighted by Gasteiger charge is -2.27. The van der Waals surface area contributed by atoms with Crippen molar-refractivity contribution in [2.75, 3.05) is 19.6 Å². The number of guanidine groups is 1. The fraction of sp³-hybridized carbons (Fsp3) is 0.750. The molecule has 0 saturated carbocycles. The molecule has 1 rings (SSSR count). The van der Waals surface area contributed by atoms with Gasteiger partial charge in [0.15, 0.2) is 5.96 Å². The maximum Gasteiger partial charge on any atom is 0.191 e. The van der Waals surface area contributed by atoms with Gasteiger partial charge >= 0.3 is 0 Å². The van der Waals surface area contributed by atoms with Gasteiger partial charge in [-0.25, -0.2) is 0 Å². The van der Waals surface area contributed by atoms with Gasteiger partial charge in [0.2, 0.25) is 0 Å². The van der Waals surface area contributed by atoms with Gasteiger partial charge in [-0.05, 0) is 38.5 Å². The third-order valence-electron chi connectivity index (χ3n) is 2.77. The lowest BCUT2D eigenvalue weighted by atomic mass is 10.1. The van der Waals surface area contributed by atoms with E-state index in [2.05, 4.69) is 16.5 Å². The van der Waals surface area contributed by atoms with Crippen molar-refractivity contribution in [2.45, 2.75) is 38.5 Å². The lowest BCUT2D eigenvalue weighted by Crippen LogP contribution is -2.40. The molecule has 0 bridgehead atoms. The molecule has 1 fully saturated rings. The van der Waals surface area contributed by atoms with Crippen molar-refractivity contribution in [3.63, 3.8) is 0 Å². The first-order chi connectivity index (χ1) is 7.34. The Morgan fingerprint density at radius 1 is 1.25 bits per heavy atom. The number of rotatable bonds is 5. The van der Waals surface area contributed by atoms with E-state index >= 15 is 0 Å². The second-order valence-electron chi connectivity index (χ2n) is 4.07. The van der Waals surface area contributed by atoms with Gasteiger partial charge in [-0.3, -0.25) is 4.99 Å². The van der Waals surface area contributed by atoms with Crippen LogP contribution in [0, 0.1) is 0 Å². The van der Waals surface area contributed by atoms with Crippen LogP contribution in [0.15, 0.2) is 17.6 Å². The zero-order valence-electron chi connectivity index (χ0n) is 10.0. The van der Waals surface area contributed by atoms with Crippen molar-refractivity contribution in [1.29, 1.82) is 0 Å². The molecule has 1 aliphatic rings. The molecule has 0 aromatic carbocycles. The quantitative estimate of drug-likeness (QED) is 0.276. The predicted octanol–water partition coefficient (Wildman–Crippen LogP) is 2.76. The monoisotopic (exact) mass is 337 g/mol. The highest BCUT2D eigenvalue weighted by Crippen LogP contribution is 2.08. The molecule has 16 heavy (non-hydrogen) atoms. The standard InChI is InChI=1S/C12H23N3.HI/c1-2-3-4-6-9-14-12(13)15-10-7-5-8-11-15;/h2H,1,3-11H2,(H2,13,14);1H. The molecule has 94 valence electrons. The number of nitrogens with two attached hydrogens (primary N) is 1. The van der Waals surface area contributed by atoms with Gasteiger partial charge in [0, 0.05) is 19.6 Å². The molecule has 0 radical (unpaired) electrons. The molecule has 4 heteroatoms. The van der Waals surface area contributed by atoms with Crippen molar-refractivity contribution in [1.82, 2.24) is 4.90 Å². The Morgan fingerprint density at radius 3 is 2.56 bits per heavy atom. The molecule has 0 aromatic heterocycles. The molecule has 0 aromatic rings. The Morgan fingerprint density at radius 2 is 1.94 bits per heavy atom. The van der Waals surface area contributed by atoms with E-state index in [9.17, 15) is 0 Å². The highest BCUT2D eigenvalue weighted by molar-refractivity contribution is 14.0. The summed E-state index contributed by atoms with van der Waals surface area (Å²) in [6.45, 7) is 6.73. The summed E-state index contributed by atoms with van der Waals surface area (Å²) in [6, 6.07) is 0. The van der Waals surface area contributed by atoms with Crippen molar-refractivity contribution < 1.29 is 0 Å². The topological polar surface area (TPSA) is 41.6 Å². The van der Waals surface area contributed by atoms with Crippen LogP contribution in [0.2, 0.25) is 0 Å². The van der Waals surface area contributed by atoms with E-state index in [1.807, 2.05) is 6.08 Å². The molecule has 0 aliphatic carbocycles. The van der Waals surface area contributed by atoms with E-state index in [1.165, 1.54) is 25.7 Å². The predicted molar refractivity (Wildman–Crippen MR) is 81.4 cm³/mol. The first-order valence-corrected chi connectivity index (χ1v) is 6.00. The zero-order chi connectivity index (χ0) is 10.9. The largest absolute Gasteiger partial charge is 0.370 e. The summed E-state index contributed by atoms with van der Waals surface area (Å²) in [5, 5.41) is 0. The molecule has 1 heterocycles. The summed E-state index contributed by atoms with van der Waals surface area (Å²) in [5.41, 5.74) is 5.92. The molecular weight excluding hydrogens is 313 g/mol. The fourth-order valence-corrected chi connectivity index (χ4v) is 1.82. The zero-order valence-corrected chi connectivity index (χ0v) is 12.4. The molecule has 1 aliphatic heterocycles. The van der Waals surface area contributed by atoms with Crippen molar-refractivity contribution >= 4 is 29.9 Å². The van der Waals surface area contributed by atoms with E-state index in [0.29, 0.717) is 0 Å². The summed E-state index contributed by atoms with van der Waals surface area (Å²) >= 11 is 0. The van der Waals surface area contributed by atoms with E-state index in [4.69, 9.17) is 5.73 Å². The van der Waals surface area contributed by atoms with Crippen LogP contribution >= 0.6 is 24.0 Å². The molecule has 0 spiro atoms. The first kappa shape index (κ1) is 15.7. The van der Waals surface area contributed by atoms with Crippen LogP contribution in [0.5, 0.6) is 0 Å². The summed E-state index contributed by atoms with van der Waals surface area (Å²) in [6.07, 6.45) is 9.17. The third kappa shape index (κ3) is 6.35. The van der Waals surface area contributed by atoms with E-state index in [1.54, 1.807) is 0 Å². The van der Waals surface area contributed by atoms with Crippen LogP contribution in [-0.2, 0) is 0 Å². The van der Waals surface area contributed by atoms with Crippen molar-refractivity contribution in [2.24, 2.45) is 10.7 Å².